The Labute approximate surface area is 184 Å². The minimum Gasteiger partial charge on any atom is -0.497 e. The minimum atomic E-state index is -0.563. The quantitative estimate of drug-likeness (QED) is 0.613. The number of aromatic nitrogens is 3. The zero-order valence-electron chi connectivity index (χ0n) is 17.6. The largest absolute Gasteiger partial charge is 0.497 e. The van der Waals surface area contributed by atoms with Crippen LogP contribution in [0.2, 0.25) is 0 Å². The Balaban J connectivity index is 1.54. The van der Waals surface area contributed by atoms with E-state index in [1.807, 2.05) is 41.5 Å². The molecule has 3 aromatic rings. The zero-order valence-corrected chi connectivity index (χ0v) is 18.4. The van der Waals surface area contributed by atoms with Crippen molar-refractivity contribution in [3.63, 3.8) is 0 Å². The van der Waals surface area contributed by atoms with Gasteiger partial charge < -0.3 is 20.4 Å². The van der Waals surface area contributed by atoms with Crippen LogP contribution < -0.4 is 10.5 Å². The highest BCUT2D eigenvalue weighted by atomic mass is 32.1. The number of ether oxygens (including phenoxy) is 1. The summed E-state index contributed by atoms with van der Waals surface area (Å²) in [6.07, 6.45) is 2.06. The Morgan fingerprint density at radius 1 is 1.29 bits per heavy atom. The first-order valence-corrected chi connectivity index (χ1v) is 11.1. The van der Waals surface area contributed by atoms with E-state index in [1.165, 1.54) is 0 Å². The van der Waals surface area contributed by atoms with Gasteiger partial charge in [0.15, 0.2) is 0 Å². The van der Waals surface area contributed by atoms with Crippen LogP contribution in [0.15, 0.2) is 29.6 Å². The van der Waals surface area contributed by atoms with Crippen molar-refractivity contribution in [3.8, 4) is 17.0 Å². The number of rotatable bonds is 6. The lowest BCUT2D eigenvalue weighted by atomic mass is 9.97. The van der Waals surface area contributed by atoms with Crippen LogP contribution in [0.3, 0.4) is 0 Å². The molecule has 1 aliphatic heterocycles. The van der Waals surface area contributed by atoms with E-state index in [1.54, 1.807) is 18.4 Å². The molecular weight excluding hydrogens is 414 g/mol. The van der Waals surface area contributed by atoms with Gasteiger partial charge in [-0.05, 0) is 44.0 Å². The molecule has 0 aliphatic carbocycles. The van der Waals surface area contributed by atoms with E-state index in [-0.39, 0.29) is 17.5 Å². The van der Waals surface area contributed by atoms with Gasteiger partial charge in [-0.15, -0.1) is 11.3 Å². The highest BCUT2D eigenvalue weighted by Gasteiger charge is 2.29. The van der Waals surface area contributed by atoms with Crippen LogP contribution in [-0.4, -0.2) is 51.9 Å². The predicted octanol–water partition coefficient (Wildman–Crippen LogP) is 2.90. The molecule has 31 heavy (non-hydrogen) atoms. The number of nitrogens with one attached hydrogen (secondary N) is 1. The van der Waals surface area contributed by atoms with Gasteiger partial charge in [-0.25, -0.2) is 9.97 Å². The summed E-state index contributed by atoms with van der Waals surface area (Å²) >= 11 is 1.55. The van der Waals surface area contributed by atoms with Gasteiger partial charge in [0.25, 0.3) is 5.91 Å². The van der Waals surface area contributed by atoms with Gasteiger partial charge in [-0.2, -0.15) is 0 Å². The number of primary amides is 1. The number of hydrogen-bond donors (Lipinski definition) is 2. The maximum atomic E-state index is 12.8. The number of methoxy groups -OCH3 is 1. The molecule has 0 spiro atoms. The molecule has 0 radical (unpaired) electrons. The third-order valence-electron chi connectivity index (χ3n) is 5.49. The van der Waals surface area contributed by atoms with Crippen LogP contribution in [0.4, 0.5) is 0 Å². The molecule has 0 saturated carbocycles. The van der Waals surface area contributed by atoms with Gasteiger partial charge >= 0.3 is 0 Å². The number of aryl methyl sites for hydroxylation is 1. The van der Waals surface area contributed by atoms with Crippen molar-refractivity contribution in [2.24, 2.45) is 5.73 Å². The number of carbonyl (C=O) groups excluding carboxylic acids is 2. The number of aromatic amines is 1. The van der Waals surface area contributed by atoms with Crippen LogP contribution in [0.1, 0.15) is 45.8 Å². The Kier molecular flexibility index (Phi) is 6.03. The number of thiazole rings is 1. The number of imidazole rings is 1. The molecule has 1 atom stereocenters. The van der Waals surface area contributed by atoms with Crippen molar-refractivity contribution < 1.29 is 14.3 Å². The number of piperidine rings is 1. The van der Waals surface area contributed by atoms with Gasteiger partial charge in [-0.1, -0.05) is 0 Å². The summed E-state index contributed by atoms with van der Waals surface area (Å²) in [6.45, 7) is 3.20. The maximum absolute atomic E-state index is 12.8. The molecule has 4 rings (SSSR count). The highest BCUT2D eigenvalue weighted by Crippen LogP contribution is 2.30. The second-order valence-electron chi connectivity index (χ2n) is 7.65. The summed E-state index contributed by atoms with van der Waals surface area (Å²) in [4.78, 5) is 38.9. The van der Waals surface area contributed by atoms with Gasteiger partial charge in [0.2, 0.25) is 5.91 Å². The number of likely N-dealkylation sites (tertiary alicyclic amines) is 1. The molecule has 9 heteroatoms. The number of carbonyl (C=O) groups is 2. The average Bonchev–Trinajstić information content (AvgIpc) is 3.40. The molecule has 1 aromatic carbocycles. The van der Waals surface area contributed by atoms with Crippen LogP contribution >= 0.6 is 11.3 Å². The van der Waals surface area contributed by atoms with Crippen molar-refractivity contribution >= 4 is 23.2 Å². The molecule has 1 fully saturated rings. The first-order valence-electron chi connectivity index (χ1n) is 10.2. The van der Waals surface area contributed by atoms with E-state index < -0.39 is 5.91 Å². The Morgan fingerprint density at radius 3 is 2.71 bits per heavy atom. The Hall–Kier alpha value is -3.20. The highest BCUT2D eigenvalue weighted by molar-refractivity contribution is 7.09. The van der Waals surface area contributed by atoms with Gasteiger partial charge in [0, 0.05) is 30.0 Å². The van der Waals surface area contributed by atoms with Crippen molar-refractivity contribution in [2.45, 2.75) is 32.1 Å². The fraction of sp³-hybridized carbons (Fsp3) is 0.364. The van der Waals surface area contributed by atoms with Gasteiger partial charge in [0.05, 0.1) is 24.2 Å². The summed E-state index contributed by atoms with van der Waals surface area (Å²) in [5, 5.41) is 2.89. The van der Waals surface area contributed by atoms with E-state index in [9.17, 15) is 9.59 Å². The molecule has 1 aliphatic rings. The first kappa shape index (κ1) is 21.0. The number of amides is 2. The molecule has 1 saturated heterocycles. The molecular formula is C22H25N5O3S. The lowest BCUT2D eigenvalue weighted by molar-refractivity contribution is -0.131. The van der Waals surface area contributed by atoms with Gasteiger partial charge in [0.1, 0.15) is 23.0 Å². The third-order valence-corrected chi connectivity index (χ3v) is 6.31. The summed E-state index contributed by atoms with van der Waals surface area (Å²) in [7, 11) is 1.60. The van der Waals surface area contributed by atoms with Crippen LogP contribution in [0, 0.1) is 6.92 Å². The number of hydrogen-bond acceptors (Lipinski definition) is 6. The normalized spacial score (nSPS) is 16.3. The molecule has 0 bridgehead atoms. The van der Waals surface area contributed by atoms with Crippen LogP contribution in [0.25, 0.3) is 11.3 Å². The molecule has 3 heterocycles. The molecule has 0 unspecified atom stereocenters. The predicted molar refractivity (Wildman–Crippen MR) is 118 cm³/mol. The summed E-state index contributed by atoms with van der Waals surface area (Å²) in [5.74, 6) is 0.915. The van der Waals surface area contributed by atoms with Crippen molar-refractivity contribution in [3.05, 3.63) is 51.9 Å². The third kappa shape index (κ3) is 4.61. The minimum absolute atomic E-state index is 0.0139. The van der Waals surface area contributed by atoms with E-state index in [0.717, 1.165) is 34.9 Å². The monoisotopic (exact) mass is 439 g/mol. The lowest BCUT2D eigenvalue weighted by Crippen LogP contribution is -2.40. The average molecular weight is 440 g/mol. The first-order chi connectivity index (χ1) is 14.9. The van der Waals surface area contributed by atoms with E-state index in [2.05, 4.69) is 9.97 Å². The van der Waals surface area contributed by atoms with E-state index in [4.69, 9.17) is 15.5 Å². The van der Waals surface area contributed by atoms with Crippen molar-refractivity contribution in [1.29, 1.82) is 0 Å². The number of H-pyrrole nitrogens is 1. The van der Waals surface area contributed by atoms with Crippen LogP contribution in [0.5, 0.6) is 5.75 Å². The zero-order chi connectivity index (χ0) is 22.0. The summed E-state index contributed by atoms with van der Waals surface area (Å²) in [6, 6.07) is 7.32. The SMILES string of the molecule is COc1ccc(-c2nc([C@H]3CCCN(C(=O)Cc4csc(C)n4)C3)[nH]c2C(N)=O)cc1. The summed E-state index contributed by atoms with van der Waals surface area (Å²) in [5.41, 5.74) is 8.00. The van der Waals surface area contributed by atoms with Crippen LogP contribution in [-0.2, 0) is 11.2 Å². The Morgan fingerprint density at radius 2 is 2.06 bits per heavy atom. The number of nitrogens with two attached hydrogens (primary N) is 1. The molecule has 162 valence electrons. The second-order valence-corrected chi connectivity index (χ2v) is 8.71. The fourth-order valence-electron chi connectivity index (χ4n) is 3.90. The molecule has 3 N–H and O–H groups in total. The fourth-order valence-corrected chi connectivity index (χ4v) is 4.52. The van der Waals surface area contributed by atoms with Crippen molar-refractivity contribution in [2.75, 3.05) is 20.2 Å². The standard InChI is InChI=1S/C22H25N5O3S/c1-13-24-16(12-31-13)10-18(28)27-9-3-4-15(11-27)22-25-19(20(26-22)21(23)29)14-5-7-17(30-2)8-6-14/h5-8,12,15H,3-4,9-11H2,1-2H3,(H2,23,29)(H,25,26)/t15-/m0/s1. The number of benzene rings is 1. The molecule has 2 amide bonds. The lowest BCUT2D eigenvalue weighted by Gasteiger charge is -2.31. The smallest absolute Gasteiger partial charge is 0.267 e. The molecule has 2 aromatic heterocycles. The van der Waals surface area contributed by atoms with Crippen molar-refractivity contribution in [1.82, 2.24) is 19.9 Å². The Bertz CT molecular complexity index is 1090. The van der Waals surface area contributed by atoms with E-state index >= 15 is 0 Å². The van der Waals surface area contributed by atoms with Gasteiger partial charge in [-0.3, -0.25) is 9.59 Å². The molecule has 8 nitrogen and oxygen atoms in total. The summed E-state index contributed by atoms with van der Waals surface area (Å²) < 4.78 is 5.20. The van der Waals surface area contributed by atoms with E-state index in [0.29, 0.717) is 31.0 Å². The maximum Gasteiger partial charge on any atom is 0.267 e. The number of nitrogens with zero attached hydrogens (tertiary/aromatic N) is 3. The second kappa shape index (κ2) is 8.89. The topological polar surface area (TPSA) is 114 Å².